The second kappa shape index (κ2) is 9.29. The van der Waals surface area contributed by atoms with Crippen molar-refractivity contribution >= 4 is 17.2 Å². The molecular weight excluding hydrogens is 428 g/mol. The van der Waals surface area contributed by atoms with Crippen LogP contribution in [0.25, 0.3) is 11.1 Å². The molecule has 2 aromatic heterocycles. The molecule has 0 bridgehead atoms. The standard InChI is InChI=1S/C26H28N6O2/c1-18-14-31(23-16-34-17-23)9-10-32(18)22-7-8-25(28-13-22)29-24-11-21(15-30(2)26(24)33)20-5-3-19(12-27)4-6-20/h3-8,11,13,15,18,23H,9-10,14,16-17H2,1-2H3,(H,28,29). The SMILES string of the molecule is CC1CN(C2COC2)CCN1c1ccc(Nc2cc(-c3ccc(C#N)cc3)cn(C)c2=O)nc1. The topological polar surface area (TPSA) is 86.4 Å². The number of piperazine rings is 1. The second-order valence-electron chi connectivity index (χ2n) is 9.00. The first kappa shape index (κ1) is 22.1. The monoisotopic (exact) mass is 456 g/mol. The Labute approximate surface area is 199 Å². The molecule has 1 atom stereocenters. The molecule has 0 spiro atoms. The van der Waals surface area contributed by atoms with Gasteiger partial charge in [0.05, 0.1) is 42.8 Å². The summed E-state index contributed by atoms with van der Waals surface area (Å²) in [5, 5.41) is 12.2. The summed E-state index contributed by atoms with van der Waals surface area (Å²) in [4.78, 5) is 22.2. The Hall–Kier alpha value is -3.67. The summed E-state index contributed by atoms with van der Waals surface area (Å²) >= 11 is 0. The van der Waals surface area contributed by atoms with E-state index in [1.54, 1.807) is 29.9 Å². The van der Waals surface area contributed by atoms with E-state index in [0.29, 0.717) is 29.2 Å². The van der Waals surface area contributed by atoms with E-state index < -0.39 is 0 Å². The van der Waals surface area contributed by atoms with Crippen LogP contribution >= 0.6 is 0 Å². The van der Waals surface area contributed by atoms with Crippen LogP contribution in [0, 0.1) is 11.3 Å². The fourth-order valence-electron chi connectivity index (χ4n) is 4.60. The largest absolute Gasteiger partial charge is 0.378 e. The Bertz CT molecular complexity index is 1260. The maximum atomic E-state index is 12.7. The van der Waals surface area contributed by atoms with Crippen molar-refractivity contribution < 1.29 is 4.74 Å². The number of benzene rings is 1. The third-order valence-corrected chi connectivity index (χ3v) is 6.67. The fourth-order valence-corrected chi connectivity index (χ4v) is 4.60. The lowest BCUT2D eigenvalue weighted by Crippen LogP contribution is -2.59. The van der Waals surface area contributed by atoms with Gasteiger partial charge in [-0.25, -0.2) is 4.98 Å². The third kappa shape index (κ3) is 4.40. The van der Waals surface area contributed by atoms with Crippen molar-refractivity contribution in [3.8, 4) is 17.2 Å². The Morgan fingerprint density at radius 2 is 1.91 bits per heavy atom. The van der Waals surface area contributed by atoms with Crippen LogP contribution in [-0.2, 0) is 11.8 Å². The predicted molar refractivity (Wildman–Crippen MR) is 132 cm³/mol. The lowest BCUT2D eigenvalue weighted by molar-refractivity contribution is -0.0691. The Kier molecular flexibility index (Phi) is 6.05. The Balaban J connectivity index is 1.31. The number of aryl methyl sites for hydroxylation is 1. The zero-order chi connectivity index (χ0) is 23.7. The van der Waals surface area contributed by atoms with E-state index in [9.17, 15) is 4.79 Å². The number of nitrogens with one attached hydrogen (secondary N) is 1. The quantitative estimate of drug-likeness (QED) is 0.632. The van der Waals surface area contributed by atoms with E-state index in [1.165, 1.54) is 0 Å². The molecule has 2 saturated heterocycles. The van der Waals surface area contributed by atoms with Gasteiger partial charge in [0, 0.05) is 44.5 Å². The number of ether oxygens (including phenoxy) is 1. The summed E-state index contributed by atoms with van der Waals surface area (Å²) in [6.07, 6.45) is 3.66. The van der Waals surface area contributed by atoms with Crippen LogP contribution < -0.4 is 15.8 Å². The predicted octanol–water partition coefficient (Wildman–Crippen LogP) is 2.97. The van der Waals surface area contributed by atoms with E-state index in [1.807, 2.05) is 30.5 Å². The molecule has 0 aliphatic carbocycles. The first-order valence-electron chi connectivity index (χ1n) is 11.5. The van der Waals surface area contributed by atoms with Gasteiger partial charge in [-0.2, -0.15) is 5.26 Å². The molecule has 1 N–H and O–H groups in total. The number of aromatic nitrogens is 2. The minimum absolute atomic E-state index is 0.131. The fraction of sp³-hybridized carbons (Fsp3) is 0.346. The summed E-state index contributed by atoms with van der Waals surface area (Å²) in [7, 11) is 1.73. The van der Waals surface area contributed by atoms with Gasteiger partial charge in [-0.05, 0) is 42.8 Å². The van der Waals surface area contributed by atoms with Crippen LogP contribution in [0.15, 0.2) is 59.7 Å². The van der Waals surface area contributed by atoms with Crippen LogP contribution in [0.2, 0.25) is 0 Å². The van der Waals surface area contributed by atoms with E-state index in [4.69, 9.17) is 10.00 Å². The molecular formula is C26H28N6O2. The number of hydrogen-bond donors (Lipinski definition) is 1. The van der Waals surface area contributed by atoms with Gasteiger partial charge in [0.25, 0.3) is 5.56 Å². The summed E-state index contributed by atoms with van der Waals surface area (Å²) in [5.74, 6) is 0.621. The van der Waals surface area contributed by atoms with Crippen LogP contribution in [0.5, 0.6) is 0 Å². The number of pyridine rings is 2. The number of rotatable bonds is 5. The lowest BCUT2D eigenvalue weighted by Gasteiger charge is -2.46. The molecule has 8 nitrogen and oxygen atoms in total. The first-order valence-corrected chi connectivity index (χ1v) is 11.5. The van der Waals surface area contributed by atoms with Crippen LogP contribution in [0.1, 0.15) is 12.5 Å². The molecule has 1 unspecified atom stereocenters. The molecule has 8 heteroatoms. The van der Waals surface area contributed by atoms with E-state index >= 15 is 0 Å². The molecule has 34 heavy (non-hydrogen) atoms. The van der Waals surface area contributed by atoms with Gasteiger partial charge in [-0.15, -0.1) is 0 Å². The van der Waals surface area contributed by atoms with Crippen molar-refractivity contribution in [1.29, 1.82) is 5.26 Å². The highest BCUT2D eigenvalue weighted by Crippen LogP contribution is 2.25. The van der Waals surface area contributed by atoms with Crippen molar-refractivity contribution in [3.63, 3.8) is 0 Å². The highest BCUT2D eigenvalue weighted by atomic mass is 16.5. The minimum Gasteiger partial charge on any atom is -0.378 e. The maximum absolute atomic E-state index is 12.7. The van der Waals surface area contributed by atoms with Crippen molar-refractivity contribution in [3.05, 3.63) is 70.8 Å². The highest BCUT2D eigenvalue weighted by Gasteiger charge is 2.32. The smallest absolute Gasteiger partial charge is 0.274 e. The van der Waals surface area contributed by atoms with Gasteiger partial charge in [0.1, 0.15) is 11.5 Å². The van der Waals surface area contributed by atoms with Crippen LogP contribution in [0.4, 0.5) is 17.2 Å². The second-order valence-corrected chi connectivity index (χ2v) is 9.00. The van der Waals surface area contributed by atoms with Crippen molar-refractivity contribution in [2.24, 2.45) is 7.05 Å². The minimum atomic E-state index is -0.131. The molecule has 2 aliphatic heterocycles. The van der Waals surface area contributed by atoms with E-state index in [0.717, 1.165) is 49.7 Å². The number of nitrogens with zero attached hydrogens (tertiary/aromatic N) is 5. The molecule has 2 fully saturated rings. The van der Waals surface area contributed by atoms with Gasteiger partial charge in [0.2, 0.25) is 0 Å². The Morgan fingerprint density at radius 1 is 1.12 bits per heavy atom. The first-order chi connectivity index (χ1) is 16.5. The summed E-state index contributed by atoms with van der Waals surface area (Å²) in [5.41, 5.74) is 3.82. The lowest BCUT2D eigenvalue weighted by atomic mass is 10.1. The normalized spacial score (nSPS) is 18.9. The summed E-state index contributed by atoms with van der Waals surface area (Å²) < 4.78 is 6.90. The van der Waals surface area contributed by atoms with E-state index in [-0.39, 0.29) is 5.56 Å². The zero-order valence-electron chi connectivity index (χ0n) is 19.4. The molecule has 174 valence electrons. The number of anilines is 3. The molecule has 1 aromatic carbocycles. The van der Waals surface area contributed by atoms with Crippen molar-refractivity contribution in [2.45, 2.75) is 19.0 Å². The van der Waals surface area contributed by atoms with Gasteiger partial charge >= 0.3 is 0 Å². The molecule has 5 rings (SSSR count). The zero-order valence-corrected chi connectivity index (χ0v) is 19.4. The third-order valence-electron chi connectivity index (χ3n) is 6.67. The average Bonchev–Trinajstić information content (AvgIpc) is 2.82. The summed E-state index contributed by atoms with van der Waals surface area (Å²) in [6.45, 7) is 6.94. The van der Waals surface area contributed by atoms with Gasteiger partial charge in [-0.3, -0.25) is 9.69 Å². The van der Waals surface area contributed by atoms with Gasteiger partial charge in [-0.1, -0.05) is 12.1 Å². The van der Waals surface area contributed by atoms with Crippen molar-refractivity contribution in [1.82, 2.24) is 14.5 Å². The van der Waals surface area contributed by atoms with Gasteiger partial charge in [0.15, 0.2) is 0 Å². The van der Waals surface area contributed by atoms with Gasteiger partial charge < -0.3 is 19.5 Å². The molecule has 3 aromatic rings. The molecule has 0 saturated carbocycles. The molecule has 0 amide bonds. The molecule has 4 heterocycles. The van der Waals surface area contributed by atoms with Crippen LogP contribution in [0.3, 0.4) is 0 Å². The van der Waals surface area contributed by atoms with Crippen molar-refractivity contribution in [2.75, 3.05) is 43.1 Å². The highest BCUT2D eigenvalue weighted by molar-refractivity contribution is 5.69. The van der Waals surface area contributed by atoms with Crippen LogP contribution in [-0.4, -0.2) is 59.4 Å². The number of hydrogen-bond acceptors (Lipinski definition) is 7. The average molecular weight is 457 g/mol. The summed E-state index contributed by atoms with van der Waals surface area (Å²) in [6, 6.07) is 16.2. The molecule has 2 aliphatic rings. The maximum Gasteiger partial charge on any atom is 0.274 e. The Morgan fingerprint density at radius 3 is 2.53 bits per heavy atom. The number of nitriles is 1. The molecule has 0 radical (unpaired) electrons. The van der Waals surface area contributed by atoms with E-state index in [2.05, 4.69) is 39.2 Å².